The predicted octanol–water partition coefficient (Wildman–Crippen LogP) is 2.73. The van der Waals surface area contributed by atoms with Gasteiger partial charge in [-0.2, -0.15) is 10.4 Å². The Balaban J connectivity index is 1.67. The molecule has 2 aromatic rings. The number of nitrogens with zero attached hydrogens (tertiary/aromatic N) is 4. The third-order valence-corrected chi connectivity index (χ3v) is 4.10. The maximum Gasteiger partial charge on any atom is 0.0991 e. The van der Waals surface area contributed by atoms with Crippen LogP contribution in [0.1, 0.15) is 29.5 Å². The third kappa shape index (κ3) is 3.32. The van der Waals surface area contributed by atoms with Gasteiger partial charge in [0.1, 0.15) is 0 Å². The molecule has 1 aliphatic rings. The molecule has 0 aliphatic carbocycles. The first-order chi connectivity index (χ1) is 10.2. The van der Waals surface area contributed by atoms with E-state index in [9.17, 15) is 0 Å². The largest absolute Gasteiger partial charge is 0.294 e. The van der Waals surface area contributed by atoms with Crippen molar-refractivity contribution in [2.75, 3.05) is 6.54 Å². The van der Waals surface area contributed by atoms with Crippen LogP contribution >= 0.6 is 0 Å². The number of hydrogen-bond donors (Lipinski definition) is 0. The monoisotopic (exact) mass is 280 g/mol. The van der Waals surface area contributed by atoms with Crippen LogP contribution in [0, 0.1) is 18.3 Å². The van der Waals surface area contributed by atoms with E-state index in [1.807, 2.05) is 29.1 Å². The van der Waals surface area contributed by atoms with Gasteiger partial charge in [0, 0.05) is 18.8 Å². The van der Waals surface area contributed by atoms with E-state index in [4.69, 9.17) is 5.26 Å². The maximum atomic E-state index is 9.00. The van der Waals surface area contributed by atoms with Gasteiger partial charge in [-0.15, -0.1) is 0 Å². The van der Waals surface area contributed by atoms with Gasteiger partial charge in [-0.3, -0.25) is 9.58 Å². The molecule has 1 saturated heterocycles. The van der Waals surface area contributed by atoms with Crippen molar-refractivity contribution in [1.29, 1.82) is 5.26 Å². The highest BCUT2D eigenvalue weighted by Gasteiger charge is 2.25. The van der Waals surface area contributed by atoms with E-state index in [2.05, 4.69) is 35.3 Å². The normalized spacial score (nSPS) is 18.8. The minimum Gasteiger partial charge on any atom is -0.294 e. The Bertz CT molecular complexity index is 653. The van der Waals surface area contributed by atoms with E-state index >= 15 is 0 Å². The zero-order valence-electron chi connectivity index (χ0n) is 12.4. The summed E-state index contributed by atoms with van der Waals surface area (Å²) in [6, 6.07) is 10.7. The number of rotatable bonds is 4. The lowest BCUT2D eigenvalue weighted by atomic mass is 10.1. The van der Waals surface area contributed by atoms with Crippen molar-refractivity contribution >= 4 is 0 Å². The van der Waals surface area contributed by atoms with Crippen LogP contribution in [-0.2, 0) is 13.1 Å². The fourth-order valence-corrected chi connectivity index (χ4v) is 3.07. The molecule has 4 nitrogen and oxygen atoms in total. The van der Waals surface area contributed by atoms with Crippen molar-refractivity contribution in [2.45, 2.75) is 38.9 Å². The molecule has 1 unspecified atom stereocenters. The third-order valence-electron chi connectivity index (χ3n) is 4.10. The average molecular weight is 280 g/mol. The van der Waals surface area contributed by atoms with E-state index in [1.54, 1.807) is 0 Å². The second kappa shape index (κ2) is 6.11. The van der Waals surface area contributed by atoms with Crippen LogP contribution in [0.15, 0.2) is 36.7 Å². The Morgan fingerprint density at radius 3 is 3.10 bits per heavy atom. The van der Waals surface area contributed by atoms with E-state index in [-0.39, 0.29) is 0 Å². The molecule has 0 bridgehead atoms. The Morgan fingerprint density at radius 2 is 2.33 bits per heavy atom. The van der Waals surface area contributed by atoms with Crippen LogP contribution in [0.5, 0.6) is 0 Å². The summed E-state index contributed by atoms with van der Waals surface area (Å²) in [6.07, 6.45) is 6.47. The van der Waals surface area contributed by atoms with Crippen LogP contribution in [-0.4, -0.2) is 27.3 Å². The summed E-state index contributed by atoms with van der Waals surface area (Å²) in [6.45, 7) is 5.07. The van der Waals surface area contributed by atoms with E-state index < -0.39 is 0 Å². The second-order valence-corrected chi connectivity index (χ2v) is 5.82. The van der Waals surface area contributed by atoms with E-state index in [0.29, 0.717) is 6.04 Å². The van der Waals surface area contributed by atoms with Gasteiger partial charge in [0.05, 0.1) is 24.4 Å². The summed E-state index contributed by atoms with van der Waals surface area (Å²) in [4.78, 5) is 2.51. The molecule has 108 valence electrons. The van der Waals surface area contributed by atoms with Crippen molar-refractivity contribution in [2.24, 2.45) is 0 Å². The predicted molar refractivity (Wildman–Crippen MR) is 81.6 cm³/mol. The highest BCUT2D eigenvalue weighted by molar-refractivity contribution is 5.32. The second-order valence-electron chi connectivity index (χ2n) is 5.82. The molecule has 1 aromatic carbocycles. The molecule has 0 N–H and O–H groups in total. The first-order valence-electron chi connectivity index (χ1n) is 7.47. The molecule has 1 aliphatic heterocycles. The lowest BCUT2D eigenvalue weighted by molar-refractivity contribution is 0.219. The van der Waals surface area contributed by atoms with E-state index in [1.165, 1.54) is 24.0 Å². The first kappa shape index (κ1) is 13.8. The smallest absolute Gasteiger partial charge is 0.0991 e. The molecular weight excluding hydrogens is 260 g/mol. The Hall–Kier alpha value is -2.12. The van der Waals surface area contributed by atoms with Crippen molar-refractivity contribution in [3.05, 3.63) is 53.3 Å². The molecule has 0 amide bonds. The lowest BCUT2D eigenvalue weighted by Gasteiger charge is -2.24. The van der Waals surface area contributed by atoms with Crippen LogP contribution in [0.25, 0.3) is 0 Å². The molecule has 0 spiro atoms. The van der Waals surface area contributed by atoms with Gasteiger partial charge in [0.25, 0.3) is 0 Å². The molecule has 0 saturated carbocycles. The van der Waals surface area contributed by atoms with Gasteiger partial charge in [-0.25, -0.2) is 0 Å². The molecule has 2 heterocycles. The maximum absolute atomic E-state index is 9.00. The van der Waals surface area contributed by atoms with Gasteiger partial charge >= 0.3 is 0 Å². The summed E-state index contributed by atoms with van der Waals surface area (Å²) < 4.78 is 2.05. The van der Waals surface area contributed by atoms with Gasteiger partial charge < -0.3 is 0 Å². The lowest BCUT2D eigenvalue weighted by Crippen LogP contribution is -2.32. The van der Waals surface area contributed by atoms with Crippen LogP contribution in [0.2, 0.25) is 0 Å². The number of aromatic nitrogens is 2. The molecule has 3 rings (SSSR count). The van der Waals surface area contributed by atoms with Gasteiger partial charge in [0.2, 0.25) is 0 Å². The number of benzene rings is 1. The summed E-state index contributed by atoms with van der Waals surface area (Å²) in [5.74, 6) is 0. The van der Waals surface area contributed by atoms with Crippen LogP contribution in [0.3, 0.4) is 0 Å². The number of nitriles is 1. The molecule has 0 radical (unpaired) electrons. The molecule has 1 atom stereocenters. The van der Waals surface area contributed by atoms with Crippen LogP contribution in [0.4, 0.5) is 0 Å². The minimum absolute atomic E-state index is 0.537. The molecule has 1 aromatic heterocycles. The fourth-order valence-electron chi connectivity index (χ4n) is 3.07. The van der Waals surface area contributed by atoms with Gasteiger partial charge in [0.15, 0.2) is 0 Å². The summed E-state index contributed by atoms with van der Waals surface area (Å²) in [5.41, 5.74) is 3.17. The van der Waals surface area contributed by atoms with Gasteiger partial charge in [-0.1, -0.05) is 12.1 Å². The SMILES string of the molecule is Cc1cnn(CC2CCCN2Cc2cccc(C#N)c2)c1. The standard InChI is InChI=1S/C17H20N4/c1-14-10-19-21(11-14)13-17-6-3-7-20(17)12-16-5-2-4-15(8-16)9-18/h2,4-5,8,10-11,17H,3,6-7,12-13H2,1H3. The highest BCUT2D eigenvalue weighted by Crippen LogP contribution is 2.21. The quantitative estimate of drug-likeness (QED) is 0.865. The minimum atomic E-state index is 0.537. The summed E-state index contributed by atoms with van der Waals surface area (Å²) in [7, 11) is 0. The van der Waals surface area contributed by atoms with Crippen molar-refractivity contribution in [1.82, 2.24) is 14.7 Å². The van der Waals surface area contributed by atoms with E-state index in [0.717, 1.165) is 25.2 Å². The molecule has 4 heteroatoms. The van der Waals surface area contributed by atoms with Crippen LogP contribution < -0.4 is 0 Å². The number of likely N-dealkylation sites (tertiary alicyclic amines) is 1. The summed E-state index contributed by atoms with van der Waals surface area (Å²) >= 11 is 0. The highest BCUT2D eigenvalue weighted by atomic mass is 15.3. The van der Waals surface area contributed by atoms with Crippen molar-refractivity contribution in [3.63, 3.8) is 0 Å². The number of aryl methyl sites for hydroxylation is 1. The Kier molecular flexibility index (Phi) is 4.03. The average Bonchev–Trinajstić information content (AvgIpc) is 3.09. The molecule has 1 fully saturated rings. The zero-order valence-corrected chi connectivity index (χ0v) is 12.4. The zero-order chi connectivity index (χ0) is 14.7. The molecule has 21 heavy (non-hydrogen) atoms. The molecular formula is C17H20N4. The van der Waals surface area contributed by atoms with Crippen molar-refractivity contribution in [3.8, 4) is 6.07 Å². The summed E-state index contributed by atoms with van der Waals surface area (Å²) in [5, 5.41) is 13.4. The Labute approximate surface area is 125 Å². The topological polar surface area (TPSA) is 44.9 Å². The van der Waals surface area contributed by atoms with Crippen molar-refractivity contribution < 1.29 is 0 Å². The van der Waals surface area contributed by atoms with Gasteiger partial charge in [-0.05, 0) is 49.6 Å². The first-order valence-corrected chi connectivity index (χ1v) is 7.47. The number of hydrogen-bond acceptors (Lipinski definition) is 3. The fraction of sp³-hybridized carbons (Fsp3) is 0.412. The Morgan fingerprint density at radius 1 is 1.43 bits per heavy atom.